The number of methoxy groups -OCH3 is 1. The first kappa shape index (κ1) is 15.1. The van der Waals surface area contributed by atoms with Crippen molar-refractivity contribution in [3.63, 3.8) is 0 Å². The van der Waals surface area contributed by atoms with Crippen LogP contribution in [0.25, 0.3) is 0 Å². The van der Waals surface area contributed by atoms with Crippen molar-refractivity contribution >= 4 is 0 Å². The number of rotatable bonds is 6. The van der Waals surface area contributed by atoms with E-state index in [9.17, 15) is 5.11 Å². The summed E-state index contributed by atoms with van der Waals surface area (Å²) in [6.07, 6.45) is 2.40. The summed E-state index contributed by atoms with van der Waals surface area (Å²) in [5.41, 5.74) is 1.19. The second-order valence-corrected chi connectivity index (χ2v) is 5.41. The van der Waals surface area contributed by atoms with Crippen molar-refractivity contribution in [1.82, 2.24) is 4.90 Å². The third-order valence-corrected chi connectivity index (χ3v) is 3.84. The van der Waals surface area contributed by atoms with Crippen molar-refractivity contribution in [2.45, 2.75) is 26.3 Å². The Morgan fingerprint density at radius 3 is 2.70 bits per heavy atom. The van der Waals surface area contributed by atoms with Crippen LogP contribution in [0.2, 0.25) is 0 Å². The molecule has 1 fully saturated rings. The first-order valence-corrected chi connectivity index (χ1v) is 7.39. The number of benzene rings is 1. The van der Waals surface area contributed by atoms with Crippen LogP contribution in [0.1, 0.15) is 25.3 Å². The molecule has 20 heavy (non-hydrogen) atoms. The van der Waals surface area contributed by atoms with E-state index in [1.54, 1.807) is 13.2 Å². The molecule has 0 aromatic heterocycles. The standard InChI is InChI=1S/C16H25NO3/c1-3-20-16-10-14(4-5-15(16)18)11-17-8-6-13(7-9-17)12-19-2/h4-5,10,13,18H,3,6-9,11-12H2,1-2H3. The molecule has 1 aliphatic heterocycles. The summed E-state index contributed by atoms with van der Waals surface area (Å²) in [6, 6.07) is 5.64. The van der Waals surface area contributed by atoms with Gasteiger partial charge in [-0.15, -0.1) is 0 Å². The van der Waals surface area contributed by atoms with Gasteiger partial charge in [0.25, 0.3) is 0 Å². The first-order valence-electron chi connectivity index (χ1n) is 7.39. The molecule has 112 valence electrons. The van der Waals surface area contributed by atoms with Crippen molar-refractivity contribution in [3.8, 4) is 11.5 Å². The number of likely N-dealkylation sites (tertiary alicyclic amines) is 1. The van der Waals surface area contributed by atoms with Crippen molar-refractivity contribution < 1.29 is 14.6 Å². The van der Waals surface area contributed by atoms with Crippen LogP contribution in [0.4, 0.5) is 0 Å². The van der Waals surface area contributed by atoms with E-state index in [1.807, 2.05) is 19.1 Å². The summed E-state index contributed by atoms with van der Waals surface area (Å²) >= 11 is 0. The summed E-state index contributed by atoms with van der Waals surface area (Å²) in [7, 11) is 1.78. The van der Waals surface area contributed by atoms with E-state index in [2.05, 4.69) is 4.90 Å². The molecule has 1 aliphatic rings. The minimum Gasteiger partial charge on any atom is -0.504 e. The minimum atomic E-state index is 0.217. The SMILES string of the molecule is CCOc1cc(CN2CCC(COC)CC2)ccc1O. The van der Waals surface area contributed by atoms with Gasteiger partial charge in [0.15, 0.2) is 11.5 Å². The Kier molecular flexibility index (Phi) is 5.68. The normalized spacial score (nSPS) is 17.3. The lowest BCUT2D eigenvalue weighted by atomic mass is 9.97. The number of ether oxygens (including phenoxy) is 2. The van der Waals surface area contributed by atoms with Crippen LogP contribution in [-0.2, 0) is 11.3 Å². The Morgan fingerprint density at radius 2 is 2.05 bits per heavy atom. The largest absolute Gasteiger partial charge is 0.504 e. The monoisotopic (exact) mass is 279 g/mol. The molecule has 1 saturated heterocycles. The molecule has 1 aromatic rings. The molecule has 1 N–H and O–H groups in total. The van der Waals surface area contributed by atoms with Gasteiger partial charge < -0.3 is 14.6 Å². The van der Waals surface area contributed by atoms with Gasteiger partial charge in [0, 0.05) is 20.3 Å². The number of hydrogen-bond acceptors (Lipinski definition) is 4. The molecule has 4 heteroatoms. The molecule has 0 amide bonds. The quantitative estimate of drug-likeness (QED) is 0.869. The average molecular weight is 279 g/mol. The Morgan fingerprint density at radius 1 is 1.30 bits per heavy atom. The van der Waals surface area contributed by atoms with Crippen LogP contribution in [0.3, 0.4) is 0 Å². The highest BCUT2D eigenvalue weighted by Crippen LogP contribution is 2.28. The third kappa shape index (κ3) is 4.12. The Bertz CT molecular complexity index is 414. The van der Waals surface area contributed by atoms with Crippen molar-refractivity contribution in [2.24, 2.45) is 5.92 Å². The van der Waals surface area contributed by atoms with Gasteiger partial charge in [-0.25, -0.2) is 0 Å². The van der Waals surface area contributed by atoms with Crippen LogP contribution < -0.4 is 4.74 Å². The van der Waals surface area contributed by atoms with Gasteiger partial charge in [0.05, 0.1) is 6.61 Å². The maximum absolute atomic E-state index is 9.71. The molecule has 0 radical (unpaired) electrons. The van der Waals surface area contributed by atoms with Crippen LogP contribution in [0, 0.1) is 5.92 Å². The molecule has 1 aromatic carbocycles. The van der Waals surface area contributed by atoms with Gasteiger partial charge in [0.2, 0.25) is 0 Å². The molecule has 0 spiro atoms. The van der Waals surface area contributed by atoms with Crippen molar-refractivity contribution in [3.05, 3.63) is 23.8 Å². The topological polar surface area (TPSA) is 41.9 Å². The minimum absolute atomic E-state index is 0.217. The molecule has 0 unspecified atom stereocenters. The molecule has 0 atom stereocenters. The Hall–Kier alpha value is -1.26. The smallest absolute Gasteiger partial charge is 0.161 e. The maximum Gasteiger partial charge on any atom is 0.161 e. The Balaban J connectivity index is 1.89. The van der Waals surface area contributed by atoms with E-state index >= 15 is 0 Å². The number of phenols is 1. The maximum atomic E-state index is 9.71. The fraction of sp³-hybridized carbons (Fsp3) is 0.625. The first-order chi connectivity index (χ1) is 9.72. The summed E-state index contributed by atoms with van der Waals surface area (Å²) in [4.78, 5) is 2.45. The van der Waals surface area contributed by atoms with E-state index in [0.29, 0.717) is 18.3 Å². The molecular weight excluding hydrogens is 254 g/mol. The zero-order valence-corrected chi connectivity index (χ0v) is 12.5. The molecule has 0 saturated carbocycles. The predicted molar refractivity (Wildman–Crippen MR) is 79.2 cm³/mol. The average Bonchev–Trinajstić information content (AvgIpc) is 2.45. The Labute approximate surface area is 121 Å². The number of hydrogen-bond donors (Lipinski definition) is 1. The molecule has 0 bridgehead atoms. The number of piperidine rings is 1. The highest BCUT2D eigenvalue weighted by molar-refractivity contribution is 5.41. The van der Waals surface area contributed by atoms with Crippen LogP contribution in [-0.4, -0.2) is 43.4 Å². The van der Waals surface area contributed by atoms with E-state index in [0.717, 1.165) is 26.2 Å². The fourth-order valence-corrected chi connectivity index (χ4v) is 2.73. The highest BCUT2D eigenvalue weighted by Gasteiger charge is 2.19. The van der Waals surface area contributed by atoms with Crippen LogP contribution in [0.5, 0.6) is 11.5 Å². The third-order valence-electron chi connectivity index (χ3n) is 3.84. The van der Waals surface area contributed by atoms with Gasteiger partial charge >= 0.3 is 0 Å². The zero-order chi connectivity index (χ0) is 14.4. The molecule has 4 nitrogen and oxygen atoms in total. The van der Waals surface area contributed by atoms with E-state index < -0.39 is 0 Å². The lowest BCUT2D eigenvalue weighted by Gasteiger charge is -2.31. The summed E-state index contributed by atoms with van der Waals surface area (Å²) < 4.78 is 10.7. The number of aromatic hydroxyl groups is 1. The van der Waals surface area contributed by atoms with Crippen LogP contribution in [0.15, 0.2) is 18.2 Å². The molecule has 2 rings (SSSR count). The lowest BCUT2D eigenvalue weighted by molar-refractivity contribution is 0.0968. The second kappa shape index (κ2) is 7.50. The lowest BCUT2D eigenvalue weighted by Crippen LogP contribution is -2.34. The van der Waals surface area contributed by atoms with Gasteiger partial charge in [-0.2, -0.15) is 0 Å². The summed E-state index contributed by atoms with van der Waals surface area (Å²) in [5.74, 6) is 1.50. The molecule has 0 aliphatic carbocycles. The summed E-state index contributed by atoms with van der Waals surface area (Å²) in [6.45, 7) is 6.51. The van der Waals surface area contributed by atoms with Gasteiger partial charge in [-0.05, 0) is 56.5 Å². The predicted octanol–water partition coefficient (Wildman–Crippen LogP) is 2.65. The van der Waals surface area contributed by atoms with Gasteiger partial charge in [-0.1, -0.05) is 6.07 Å². The van der Waals surface area contributed by atoms with Crippen LogP contribution >= 0.6 is 0 Å². The number of nitrogens with zero attached hydrogens (tertiary/aromatic N) is 1. The second-order valence-electron chi connectivity index (χ2n) is 5.41. The van der Waals surface area contributed by atoms with Crippen molar-refractivity contribution in [1.29, 1.82) is 0 Å². The number of phenolic OH excluding ortho intramolecular Hbond substituents is 1. The van der Waals surface area contributed by atoms with E-state index in [1.165, 1.54) is 18.4 Å². The summed E-state index contributed by atoms with van der Waals surface area (Å²) in [5, 5.41) is 9.71. The zero-order valence-electron chi connectivity index (χ0n) is 12.5. The van der Waals surface area contributed by atoms with E-state index in [4.69, 9.17) is 9.47 Å². The van der Waals surface area contributed by atoms with E-state index in [-0.39, 0.29) is 5.75 Å². The highest BCUT2D eigenvalue weighted by atomic mass is 16.5. The fourth-order valence-electron chi connectivity index (χ4n) is 2.73. The molecular formula is C16H25NO3. The van der Waals surface area contributed by atoms with Crippen molar-refractivity contribution in [2.75, 3.05) is 33.4 Å². The molecule has 1 heterocycles. The van der Waals surface area contributed by atoms with Gasteiger partial charge in [0.1, 0.15) is 0 Å². The van der Waals surface area contributed by atoms with Gasteiger partial charge in [-0.3, -0.25) is 4.90 Å².